The van der Waals surface area contributed by atoms with Crippen molar-refractivity contribution in [3.63, 3.8) is 0 Å². The standard InChI is InChI=1S/C16H25O3P/c1-2-3-4-5-6-10-15-20(17,18)19-14-13-16-11-8-7-9-12-16/h7-9,11-14H,2-6,10,15H2,1H3,(H,17,18). The van der Waals surface area contributed by atoms with Crippen LogP contribution in [0.25, 0.3) is 6.08 Å². The number of hydrogen-bond donors (Lipinski definition) is 1. The van der Waals surface area contributed by atoms with Gasteiger partial charge in [0.05, 0.1) is 12.4 Å². The van der Waals surface area contributed by atoms with E-state index in [4.69, 9.17) is 4.52 Å². The second-order valence-corrected chi connectivity index (χ2v) is 6.88. The molecule has 0 saturated carbocycles. The molecule has 0 heterocycles. The quantitative estimate of drug-likeness (QED) is 0.366. The average Bonchev–Trinajstić information content (AvgIpc) is 2.44. The summed E-state index contributed by atoms with van der Waals surface area (Å²) >= 11 is 0. The van der Waals surface area contributed by atoms with E-state index >= 15 is 0 Å². The summed E-state index contributed by atoms with van der Waals surface area (Å²) < 4.78 is 16.8. The lowest BCUT2D eigenvalue weighted by Crippen LogP contribution is -1.91. The van der Waals surface area contributed by atoms with Gasteiger partial charge in [0.15, 0.2) is 0 Å². The minimum Gasteiger partial charge on any atom is -0.432 e. The summed E-state index contributed by atoms with van der Waals surface area (Å²) in [6, 6.07) is 9.57. The van der Waals surface area contributed by atoms with Gasteiger partial charge in [-0.15, -0.1) is 0 Å². The van der Waals surface area contributed by atoms with Gasteiger partial charge in [-0.2, -0.15) is 0 Å². The molecule has 0 radical (unpaired) electrons. The molecule has 0 fully saturated rings. The van der Waals surface area contributed by atoms with Gasteiger partial charge in [-0.05, 0) is 18.1 Å². The molecule has 0 saturated heterocycles. The lowest BCUT2D eigenvalue weighted by Gasteiger charge is -2.09. The maximum Gasteiger partial charge on any atom is 0.376 e. The summed E-state index contributed by atoms with van der Waals surface area (Å²) in [5.74, 6) is 0. The summed E-state index contributed by atoms with van der Waals surface area (Å²) in [6.45, 7) is 2.18. The summed E-state index contributed by atoms with van der Waals surface area (Å²) in [6.07, 6.45) is 9.80. The van der Waals surface area contributed by atoms with Crippen LogP contribution >= 0.6 is 7.60 Å². The minimum absolute atomic E-state index is 0.234. The van der Waals surface area contributed by atoms with E-state index in [0.717, 1.165) is 24.8 Å². The smallest absolute Gasteiger partial charge is 0.376 e. The number of rotatable bonds is 10. The topological polar surface area (TPSA) is 46.5 Å². The normalized spacial score (nSPS) is 14.3. The van der Waals surface area contributed by atoms with Gasteiger partial charge in [-0.1, -0.05) is 69.4 Å². The molecule has 0 aliphatic carbocycles. The molecule has 3 nitrogen and oxygen atoms in total. The minimum atomic E-state index is -3.47. The molecule has 0 aliphatic heterocycles. The Balaban J connectivity index is 2.21. The van der Waals surface area contributed by atoms with Crippen molar-refractivity contribution in [2.45, 2.75) is 45.4 Å². The van der Waals surface area contributed by atoms with Crippen molar-refractivity contribution in [2.24, 2.45) is 0 Å². The first kappa shape index (κ1) is 17.0. The van der Waals surface area contributed by atoms with E-state index in [2.05, 4.69) is 6.92 Å². The molecule has 0 bridgehead atoms. The fraction of sp³-hybridized carbons (Fsp3) is 0.500. The predicted molar refractivity (Wildman–Crippen MR) is 84.6 cm³/mol. The summed E-state index contributed by atoms with van der Waals surface area (Å²) in [4.78, 5) is 9.68. The van der Waals surface area contributed by atoms with Crippen molar-refractivity contribution in [1.29, 1.82) is 0 Å². The molecule has 4 heteroatoms. The number of unbranched alkanes of at least 4 members (excludes halogenated alkanes) is 5. The molecule has 1 atom stereocenters. The van der Waals surface area contributed by atoms with Crippen molar-refractivity contribution in [1.82, 2.24) is 0 Å². The van der Waals surface area contributed by atoms with Gasteiger partial charge >= 0.3 is 7.60 Å². The third-order valence-corrected chi connectivity index (χ3v) is 4.41. The zero-order valence-corrected chi connectivity index (χ0v) is 13.1. The first-order chi connectivity index (χ1) is 9.64. The fourth-order valence-corrected chi connectivity index (χ4v) is 2.89. The lowest BCUT2D eigenvalue weighted by atomic mass is 10.1. The molecule has 1 aromatic carbocycles. The molecular formula is C16H25O3P. The van der Waals surface area contributed by atoms with E-state index in [1.54, 1.807) is 6.08 Å². The molecule has 1 rings (SSSR count). The Hall–Kier alpha value is -1.05. The Labute approximate surface area is 122 Å². The highest BCUT2D eigenvalue weighted by atomic mass is 31.2. The number of hydrogen-bond acceptors (Lipinski definition) is 2. The first-order valence-corrected chi connectivity index (χ1v) is 9.12. The maximum atomic E-state index is 11.8. The summed E-state index contributed by atoms with van der Waals surface area (Å²) in [5.41, 5.74) is 0.951. The van der Waals surface area contributed by atoms with E-state index in [1.807, 2.05) is 30.3 Å². The van der Waals surface area contributed by atoms with Crippen LogP contribution in [0.5, 0.6) is 0 Å². The maximum absolute atomic E-state index is 11.8. The monoisotopic (exact) mass is 296 g/mol. The van der Waals surface area contributed by atoms with Crippen LogP contribution in [0.3, 0.4) is 0 Å². The van der Waals surface area contributed by atoms with Crippen molar-refractivity contribution in [3.05, 3.63) is 42.2 Å². The Morgan fingerprint density at radius 1 is 1.10 bits per heavy atom. The van der Waals surface area contributed by atoms with Crippen LogP contribution in [0.1, 0.15) is 51.0 Å². The van der Waals surface area contributed by atoms with Gasteiger partial charge in [0.1, 0.15) is 0 Å². The van der Waals surface area contributed by atoms with E-state index in [0.29, 0.717) is 0 Å². The molecule has 112 valence electrons. The summed E-state index contributed by atoms with van der Waals surface area (Å²) in [7, 11) is -3.47. The Morgan fingerprint density at radius 3 is 2.45 bits per heavy atom. The third-order valence-electron chi connectivity index (χ3n) is 3.08. The number of benzene rings is 1. The third kappa shape index (κ3) is 8.19. The van der Waals surface area contributed by atoms with Crippen LogP contribution in [0.15, 0.2) is 36.6 Å². The van der Waals surface area contributed by atoms with E-state index in [1.165, 1.54) is 25.5 Å². The zero-order chi connectivity index (χ0) is 14.7. The predicted octanol–water partition coefficient (Wildman–Crippen LogP) is 5.22. The van der Waals surface area contributed by atoms with Gasteiger partial charge < -0.3 is 9.42 Å². The molecule has 1 N–H and O–H groups in total. The largest absolute Gasteiger partial charge is 0.432 e. The summed E-state index contributed by atoms with van der Waals surface area (Å²) in [5, 5.41) is 0. The molecule has 1 aromatic rings. The van der Waals surface area contributed by atoms with Crippen LogP contribution in [-0.4, -0.2) is 11.1 Å². The van der Waals surface area contributed by atoms with Gasteiger partial charge in [-0.3, -0.25) is 0 Å². The van der Waals surface area contributed by atoms with E-state index in [-0.39, 0.29) is 6.16 Å². The molecule has 0 amide bonds. The van der Waals surface area contributed by atoms with Gasteiger partial charge in [0.25, 0.3) is 0 Å². The highest BCUT2D eigenvalue weighted by Gasteiger charge is 2.17. The zero-order valence-electron chi connectivity index (χ0n) is 12.2. The highest BCUT2D eigenvalue weighted by Crippen LogP contribution is 2.43. The van der Waals surface area contributed by atoms with Gasteiger partial charge in [0.2, 0.25) is 0 Å². The molecule has 20 heavy (non-hydrogen) atoms. The van der Waals surface area contributed by atoms with Crippen LogP contribution in [0.2, 0.25) is 0 Å². The van der Waals surface area contributed by atoms with E-state index in [9.17, 15) is 9.46 Å². The van der Waals surface area contributed by atoms with Crippen LogP contribution in [0.4, 0.5) is 0 Å². The van der Waals surface area contributed by atoms with Gasteiger partial charge in [-0.25, -0.2) is 4.57 Å². The Bertz CT molecular complexity index is 429. The fourth-order valence-electron chi connectivity index (χ4n) is 1.91. The van der Waals surface area contributed by atoms with E-state index < -0.39 is 7.60 Å². The molecular weight excluding hydrogens is 271 g/mol. The Morgan fingerprint density at radius 2 is 1.75 bits per heavy atom. The average molecular weight is 296 g/mol. The highest BCUT2D eigenvalue weighted by molar-refractivity contribution is 7.52. The second-order valence-electron chi connectivity index (χ2n) is 4.95. The Kier molecular flexibility index (Phi) is 8.32. The second kappa shape index (κ2) is 9.79. The van der Waals surface area contributed by atoms with Gasteiger partial charge in [0, 0.05) is 0 Å². The molecule has 1 unspecified atom stereocenters. The van der Waals surface area contributed by atoms with Crippen LogP contribution in [-0.2, 0) is 9.09 Å². The first-order valence-electron chi connectivity index (χ1n) is 7.36. The molecule has 0 aromatic heterocycles. The van der Waals surface area contributed by atoms with Crippen molar-refractivity contribution in [2.75, 3.05) is 6.16 Å². The molecule has 0 aliphatic rings. The van der Waals surface area contributed by atoms with Crippen LogP contribution < -0.4 is 0 Å². The SMILES string of the molecule is CCCCCCCCP(=O)(O)OC=Cc1ccccc1. The lowest BCUT2D eigenvalue weighted by molar-refractivity contribution is 0.347. The van der Waals surface area contributed by atoms with Crippen molar-refractivity contribution in [3.8, 4) is 0 Å². The van der Waals surface area contributed by atoms with Crippen LogP contribution in [0, 0.1) is 0 Å². The molecule has 0 spiro atoms. The van der Waals surface area contributed by atoms with Crippen molar-refractivity contribution >= 4 is 13.7 Å². The van der Waals surface area contributed by atoms with Crippen molar-refractivity contribution < 1.29 is 14.0 Å².